The van der Waals surface area contributed by atoms with Crippen molar-refractivity contribution in [3.8, 4) is 0 Å². The minimum Gasteiger partial charge on any atom is -0.455 e. The SMILES string of the molecule is CC(C)N(C(=O)COC(=O)C12CC3CC(CC(Br)(C3)C1)C2)C(C)C. The Kier molecular flexibility index (Phi) is 4.78. The van der Waals surface area contributed by atoms with Gasteiger partial charge in [0.2, 0.25) is 0 Å². The van der Waals surface area contributed by atoms with Crippen molar-refractivity contribution >= 4 is 27.8 Å². The van der Waals surface area contributed by atoms with Crippen LogP contribution in [0.4, 0.5) is 0 Å². The maximum absolute atomic E-state index is 12.9. The fourth-order valence-corrected chi connectivity index (χ4v) is 7.37. The summed E-state index contributed by atoms with van der Waals surface area (Å²) in [5.41, 5.74) is -0.353. The Morgan fingerprint density at radius 3 is 2.08 bits per heavy atom. The second-order valence-corrected chi connectivity index (χ2v) is 10.6. The third-order valence-electron chi connectivity index (χ3n) is 6.15. The molecule has 0 aromatic heterocycles. The first-order valence-electron chi connectivity index (χ1n) is 9.31. The molecule has 4 nitrogen and oxygen atoms in total. The third kappa shape index (κ3) is 3.25. The second-order valence-electron chi connectivity index (χ2n) is 8.96. The molecule has 4 bridgehead atoms. The van der Waals surface area contributed by atoms with E-state index in [1.54, 1.807) is 4.90 Å². The molecule has 5 heteroatoms. The predicted molar refractivity (Wildman–Crippen MR) is 96.9 cm³/mol. The number of hydrogen-bond acceptors (Lipinski definition) is 3. The fourth-order valence-electron chi connectivity index (χ4n) is 5.92. The van der Waals surface area contributed by atoms with Gasteiger partial charge < -0.3 is 9.64 Å². The van der Waals surface area contributed by atoms with E-state index in [0.717, 1.165) is 19.3 Å². The molecule has 4 aliphatic rings. The largest absolute Gasteiger partial charge is 0.455 e. The summed E-state index contributed by atoms with van der Waals surface area (Å²) >= 11 is 3.92. The van der Waals surface area contributed by atoms with Crippen LogP contribution in [0.25, 0.3) is 0 Å². The first kappa shape index (κ1) is 18.2. The van der Waals surface area contributed by atoms with Crippen LogP contribution in [0.2, 0.25) is 0 Å². The summed E-state index contributed by atoms with van der Waals surface area (Å²) in [5, 5.41) is 0. The van der Waals surface area contributed by atoms with E-state index in [9.17, 15) is 9.59 Å². The van der Waals surface area contributed by atoms with E-state index in [0.29, 0.717) is 11.8 Å². The molecule has 0 N–H and O–H groups in total. The lowest BCUT2D eigenvalue weighted by Crippen LogP contribution is -2.56. The zero-order valence-electron chi connectivity index (χ0n) is 15.3. The van der Waals surface area contributed by atoms with Crippen molar-refractivity contribution in [2.45, 2.75) is 82.6 Å². The zero-order valence-corrected chi connectivity index (χ0v) is 16.9. The highest BCUT2D eigenvalue weighted by atomic mass is 79.9. The van der Waals surface area contributed by atoms with Gasteiger partial charge in [-0.05, 0) is 78.1 Å². The van der Waals surface area contributed by atoms with E-state index in [4.69, 9.17) is 4.74 Å². The van der Waals surface area contributed by atoms with Crippen molar-refractivity contribution in [3.63, 3.8) is 0 Å². The lowest BCUT2D eigenvalue weighted by molar-refractivity contribution is -0.173. The number of hydrogen-bond donors (Lipinski definition) is 0. The molecule has 0 radical (unpaired) electrons. The Bertz CT molecular complexity index is 509. The fraction of sp³-hybridized carbons (Fsp3) is 0.895. The number of carbonyl (C=O) groups excluding carboxylic acids is 2. The van der Waals surface area contributed by atoms with E-state index in [2.05, 4.69) is 15.9 Å². The number of amides is 1. The molecule has 2 unspecified atom stereocenters. The molecule has 0 aliphatic heterocycles. The standard InChI is InChI=1S/C19H30BrNO3/c1-12(2)21(13(3)4)16(22)10-24-17(23)18-6-14-5-15(7-18)9-19(20,8-14)11-18/h12-15H,5-11H2,1-4H3. The van der Waals surface area contributed by atoms with Crippen LogP contribution in [0, 0.1) is 17.3 Å². The Balaban J connectivity index is 1.64. The van der Waals surface area contributed by atoms with Crippen LogP contribution in [0.3, 0.4) is 0 Å². The summed E-state index contributed by atoms with van der Waals surface area (Å²) in [7, 11) is 0. The molecular formula is C19H30BrNO3. The monoisotopic (exact) mass is 399 g/mol. The van der Waals surface area contributed by atoms with Crippen LogP contribution in [0.15, 0.2) is 0 Å². The molecule has 0 spiro atoms. The molecule has 0 heterocycles. The summed E-state index contributed by atoms with van der Waals surface area (Å²) in [6, 6.07) is 0.225. The summed E-state index contributed by atoms with van der Waals surface area (Å²) in [4.78, 5) is 27.1. The minimum absolute atomic E-state index is 0.0911. The minimum atomic E-state index is -0.353. The molecule has 1 amide bonds. The van der Waals surface area contributed by atoms with Crippen molar-refractivity contribution < 1.29 is 14.3 Å². The van der Waals surface area contributed by atoms with E-state index >= 15 is 0 Å². The molecule has 4 rings (SSSR count). The molecule has 2 atom stereocenters. The van der Waals surface area contributed by atoms with Crippen LogP contribution >= 0.6 is 15.9 Å². The van der Waals surface area contributed by atoms with Crippen molar-refractivity contribution in [3.05, 3.63) is 0 Å². The molecule has 4 aliphatic carbocycles. The van der Waals surface area contributed by atoms with Crippen molar-refractivity contribution in [1.29, 1.82) is 0 Å². The number of esters is 1. The summed E-state index contributed by atoms with van der Waals surface area (Å²) < 4.78 is 5.69. The highest BCUT2D eigenvalue weighted by Gasteiger charge is 2.60. The average Bonchev–Trinajstić information content (AvgIpc) is 2.41. The second kappa shape index (κ2) is 6.30. The van der Waals surface area contributed by atoms with Gasteiger partial charge in [-0.2, -0.15) is 0 Å². The van der Waals surface area contributed by atoms with Crippen molar-refractivity contribution in [2.75, 3.05) is 6.61 Å². The normalized spacial score (nSPS) is 37.1. The number of nitrogens with zero attached hydrogens (tertiary/aromatic N) is 1. The van der Waals surface area contributed by atoms with Gasteiger partial charge in [-0.15, -0.1) is 0 Å². The Morgan fingerprint density at radius 2 is 1.62 bits per heavy atom. The third-order valence-corrected chi connectivity index (χ3v) is 7.08. The van der Waals surface area contributed by atoms with Gasteiger partial charge in [0, 0.05) is 16.4 Å². The first-order valence-corrected chi connectivity index (χ1v) is 10.1. The molecule has 0 aromatic rings. The van der Waals surface area contributed by atoms with Crippen LogP contribution in [0.5, 0.6) is 0 Å². The van der Waals surface area contributed by atoms with Crippen molar-refractivity contribution in [1.82, 2.24) is 4.90 Å². The molecule has 4 fully saturated rings. The number of halogens is 1. The van der Waals surface area contributed by atoms with Gasteiger partial charge >= 0.3 is 5.97 Å². The van der Waals surface area contributed by atoms with Gasteiger partial charge in [0.1, 0.15) is 0 Å². The maximum atomic E-state index is 12.9. The van der Waals surface area contributed by atoms with Gasteiger partial charge in [-0.25, -0.2) is 0 Å². The lowest BCUT2D eigenvalue weighted by atomic mass is 9.49. The number of alkyl halides is 1. The highest BCUT2D eigenvalue weighted by Crippen LogP contribution is 2.64. The van der Waals surface area contributed by atoms with Crippen LogP contribution in [-0.4, -0.2) is 39.8 Å². The summed E-state index contributed by atoms with van der Waals surface area (Å²) in [6.07, 6.45) is 6.40. The van der Waals surface area contributed by atoms with Gasteiger partial charge in [0.15, 0.2) is 6.61 Å². The zero-order chi connectivity index (χ0) is 17.7. The molecule has 0 aromatic carbocycles. The Hall–Kier alpha value is -0.580. The van der Waals surface area contributed by atoms with Crippen LogP contribution in [0.1, 0.15) is 66.2 Å². The van der Waals surface area contributed by atoms with Gasteiger partial charge in [0.05, 0.1) is 5.41 Å². The van der Waals surface area contributed by atoms with E-state index < -0.39 is 0 Å². The number of carbonyl (C=O) groups is 2. The summed E-state index contributed by atoms with van der Waals surface area (Å²) in [5.74, 6) is 1.04. The van der Waals surface area contributed by atoms with Crippen LogP contribution < -0.4 is 0 Å². The Morgan fingerprint density at radius 1 is 1.08 bits per heavy atom. The van der Waals surface area contributed by atoms with E-state index in [-0.39, 0.29) is 40.3 Å². The predicted octanol–water partition coefficient (Wildman–Crippen LogP) is 3.91. The Labute approximate surface area is 153 Å². The van der Waals surface area contributed by atoms with E-state index in [1.807, 2.05) is 27.7 Å². The molecule has 4 saturated carbocycles. The molecular weight excluding hydrogens is 370 g/mol. The summed E-state index contributed by atoms with van der Waals surface area (Å²) in [6.45, 7) is 7.85. The van der Waals surface area contributed by atoms with Gasteiger partial charge in [-0.1, -0.05) is 15.9 Å². The topological polar surface area (TPSA) is 46.6 Å². The van der Waals surface area contributed by atoms with Crippen LogP contribution in [-0.2, 0) is 14.3 Å². The quantitative estimate of drug-likeness (QED) is 0.519. The van der Waals surface area contributed by atoms with Gasteiger partial charge in [-0.3, -0.25) is 9.59 Å². The maximum Gasteiger partial charge on any atom is 0.312 e. The van der Waals surface area contributed by atoms with E-state index in [1.165, 1.54) is 19.3 Å². The number of ether oxygens (including phenoxy) is 1. The molecule has 24 heavy (non-hydrogen) atoms. The average molecular weight is 400 g/mol. The van der Waals surface area contributed by atoms with Crippen molar-refractivity contribution in [2.24, 2.45) is 17.3 Å². The first-order chi connectivity index (χ1) is 11.1. The number of rotatable bonds is 5. The molecule has 0 saturated heterocycles. The lowest BCUT2D eigenvalue weighted by Gasteiger charge is -2.58. The smallest absolute Gasteiger partial charge is 0.312 e. The highest BCUT2D eigenvalue weighted by molar-refractivity contribution is 9.10. The molecule has 136 valence electrons. The van der Waals surface area contributed by atoms with Gasteiger partial charge in [0.25, 0.3) is 5.91 Å².